The van der Waals surface area contributed by atoms with Crippen LogP contribution < -0.4 is 10.6 Å². The van der Waals surface area contributed by atoms with Crippen LogP contribution in [-0.2, 0) is 0 Å². The third-order valence-corrected chi connectivity index (χ3v) is 2.50. The molecule has 0 saturated heterocycles. The van der Waals surface area contributed by atoms with E-state index in [-0.39, 0.29) is 11.5 Å². The van der Waals surface area contributed by atoms with Gasteiger partial charge in [0.2, 0.25) is 11.8 Å². The van der Waals surface area contributed by atoms with Crippen LogP contribution in [0.1, 0.15) is 20.3 Å². The molecule has 1 aromatic rings. The Bertz CT molecular complexity index is 396. The highest BCUT2D eigenvalue weighted by atomic mass is 16.6. The first-order valence-corrected chi connectivity index (χ1v) is 5.51. The Kier molecular flexibility index (Phi) is 4.62. The second kappa shape index (κ2) is 5.97. The van der Waals surface area contributed by atoms with Gasteiger partial charge in [-0.3, -0.25) is 10.1 Å². The summed E-state index contributed by atoms with van der Waals surface area (Å²) < 4.78 is 0. The van der Waals surface area contributed by atoms with E-state index in [2.05, 4.69) is 34.4 Å². The number of nitrogens with one attached hydrogen (secondary N) is 2. The highest BCUT2D eigenvalue weighted by molar-refractivity contribution is 5.56. The third-order valence-electron chi connectivity index (χ3n) is 2.50. The molecule has 0 aromatic carbocycles. The normalized spacial score (nSPS) is 11.9. The monoisotopic (exact) mass is 239 g/mol. The molecule has 7 heteroatoms. The lowest BCUT2D eigenvalue weighted by molar-refractivity contribution is -0.384. The number of rotatable bonds is 6. The van der Waals surface area contributed by atoms with E-state index in [1.165, 1.54) is 6.20 Å². The molecule has 0 amide bonds. The van der Waals surface area contributed by atoms with Crippen molar-refractivity contribution in [2.45, 2.75) is 20.3 Å². The van der Waals surface area contributed by atoms with Crippen LogP contribution >= 0.6 is 0 Å². The van der Waals surface area contributed by atoms with Gasteiger partial charge in [-0.15, -0.1) is 0 Å². The van der Waals surface area contributed by atoms with E-state index in [4.69, 9.17) is 0 Å². The minimum Gasteiger partial charge on any atom is -0.364 e. The molecule has 1 heterocycles. The summed E-state index contributed by atoms with van der Waals surface area (Å²) in [6.07, 6.45) is 2.21. The number of hydrogen-bond donors (Lipinski definition) is 2. The molecule has 0 aliphatic carbocycles. The van der Waals surface area contributed by atoms with E-state index in [0.717, 1.165) is 6.42 Å². The molecule has 0 fully saturated rings. The van der Waals surface area contributed by atoms with E-state index in [9.17, 15) is 10.1 Å². The van der Waals surface area contributed by atoms with Crippen LogP contribution in [0, 0.1) is 16.0 Å². The summed E-state index contributed by atoms with van der Waals surface area (Å²) in [5, 5.41) is 16.5. The first kappa shape index (κ1) is 13.1. The summed E-state index contributed by atoms with van der Waals surface area (Å²) >= 11 is 0. The smallest absolute Gasteiger partial charge is 0.329 e. The number of aromatic nitrogens is 2. The Morgan fingerprint density at radius 1 is 1.59 bits per heavy atom. The molecule has 0 radical (unpaired) electrons. The molecule has 0 aliphatic heterocycles. The summed E-state index contributed by atoms with van der Waals surface area (Å²) in [5.74, 6) is 1.06. The molecule has 7 nitrogen and oxygen atoms in total. The van der Waals surface area contributed by atoms with Crippen molar-refractivity contribution in [3.63, 3.8) is 0 Å². The number of anilines is 2. The van der Waals surface area contributed by atoms with E-state index in [1.807, 2.05) is 0 Å². The van der Waals surface area contributed by atoms with Crippen molar-refractivity contribution < 1.29 is 4.92 Å². The fourth-order valence-corrected chi connectivity index (χ4v) is 1.17. The standard InChI is InChI=1S/C10H17N5O2/c1-4-7(2)5-12-9-8(15(16)17)6-13-10(11-3)14-9/h6-7H,4-5H2,1-3H3,(H2,11,12,13,14). The largest absolute Gasteiger partial charge is 0.364 e. The lowest BCUT2D eigenvalue weighted by Gasteiger charge is -2.11. The summed E-state index contributed by atoms with van der Waals surface area (Å²) in [7, 11) is 1.67. The van der Waals surface area contributed by atoms with Crippen molar-refractivity contribution in [1.82, 2.24) is 9.97 Å². The minimum absolute atomic E-state index is 0.104. The van der Waals surface area contributed by atoms with Crippen LogP contribution in [0.2, 0.25) is 0 Å². The topological polar surface area (TPSA) is 93.0 Å². The van der Waals surface area contributed by atoms with Gasteiger partial charge in [0.25, 0.3) is 0 Å². The number of hydrogen-bond acceptors (Lipinski definition) is 6. The molecule has 1 rings (SSSR count). The highest BCUT2D eigenvalue weighted by Crippen LogP contribution is 2.22. The van der Waals surface area contributed by atoms with Gasteiger partial charge in [0.1, 0.15) is 6.20 Å². The molecule has 0 saturated carbocycles. The van der Waals surface area contributed by atoms with Crippen LogP contribution in [0.15, 0.2) is 6.20 Å². The van der Waals surface area contributed by atoms with Crippen molar-refractivity contribution in [2.75, 3.05) is 24.2 Å². The van der Waals surface area contributed by atoms with Gasteiger partial charge in [-0.2, -0.15) is 4.98 Å². The van der Waals surface area contributed by atoms with E-state index in [0.29, 0.717) is 18.4 Å². The Hall–Kier alpha value is -1.92. The van der Waals surface area contributed by atoms with Gasteiger partial charge in [0.05, 0.1) is 4.92 Å². The SMILES string of the molecule is CCC(C)CNc1nc(NC)ncc1[N+](=O)[O-]. The predicted molar refractivity (Wildman–Crippen MR) is 66.2 cm³/mol. The van der Waals surface area contributed by atoms with Crippen LogP contribution in [0.4, 0.5) is 17.5 Å². The van der Waals surface area contributed by atoms with Gasteiger partial charge in [-0.05, 0) is 5.92 Å². The zero-order chi connectivity index (χ0) is 12.8. The molecule has 1 atom stereocenters. The lowest BCUT2D eigenvalue weighted by atomic mass is 10.1. The van der Waals surface area contributed by atoms with Crippen molar-refractivity contribution in [3.05, 3.63) is 16.3 Å². The molecule has 0 aliphatic rings. The first-order valence-electron chi connectivity index (χ1n) is 5.51. The Balaban J connectivity index is 2.89. The van der Waals surface area contributed by atoms with Gasteiger partial charge in [0, 0.05) is 13.6 Å². The van der Waals surface area contributed by atoms with Crippen molar-refractivity contribution in [1.29, 1.82) is 0 Å². The molecule has 94 valence electrons. The minimum atomic E-state index is -0.488. The predicted octanol–water partition coefficient (Wildman–Crippen LogP) is 1.88. The second-order valence-corrected chi connectivity index (χ2v) is 3.83. The summed E-state index contributed by atoms with van der Waals surface area (Å²) in [4.78, 5) is 18.2. The highest BCUT2D eigenvalue weighted by Gasteiger charge is 2.17. The first-order chi connectivity index (χ1) is 8.08. The number of nitro groups is 1. The molecule has 1 aromatic heterocycles. The zero-order valence-electron chi connectivity index (χ0n) is 10.2. The molecule has 17 heavy (non-hydrogen) atoms. The Morgan fingerprint density at radius 3 is 2.82 bits per heavy atom. The average molecular weight is 239 g/mol. The van der Waals surface area contributed by atoms with Crippen molar-refractivity contribution >= 4 is 17.5 Å². The van der Waals surface area contributed by atoms with E-state index in [1.54, 1.807) is 7.05 Å². The fraction of sp³-hybridized carbons (Fsp3) is 0.600. The Morgan fingerprint density at radius 2 is 2.29 bits per heavy atom. The summed E-state index contributed by atoms with van der Waals surface area (Å²) in [6, 6.07) is 0. The van der Waals surface area contributed by atoms with Crippen molar-refractivity contribution in [2.24, 2.45) is 5.92 Å². The Labute approximate surface area is 99.8 Å². The van der Waals surface area contributed by atoms with Crippen LogP contribution in [0.3, 0.4) is 0 Å². The van der Waals surface area contributed by atoms with Crippen LogP contribution in [-0.4, -0.2) is 28.5 Å². The van der Waals surface area contributed by atoms with E-state index >= 15 is 0 Å². The number of nitrogens with zero attached hydrogens (tertiary/aromatic N) is 3. The van der Waals surface area contributed by atoms with Gasteiger partial charge in [-0.25, -0.2) is 4.98 Å². The van der Waals surface area contributed by atoms with Gasteiger partial charge in [-0.1, -0.05) is 20.3 Å². The summed E-state index contributed by atoms with van der Waals surface area (Å²) in [6.45, 7) is 4.79. The molecule has 0 spiro atoms. The van der Waals surface area contributed by atoms with Gasteiger partial charge < -0.3 is 10.6 Å². The maximum Gasteiger partial charge on any atom is 0.329 e. The molecular weight excluding hydrogens is 222 g/mol. The van der Waals surface area contributed by atoms with Crippen LogP contribution in [0.5, 0.6) is 0 Å². The zero-order valence-corrected chi connectivity index (χ0v) is 10.2. The van der Waals surface area contributed by atoms with Gasteiger partial charge in [0.15, 0.2) is 0 Å². The maximum absolute atomic E-state index is 10.8. The lowest BCUT2D eigenvalue weighted by Crippen LogP contribution is -2.13. The third kappa shape index (κ3) is 3.54. The fourth-order valence-electron chi connectivity index (χ4n) is 1.17. The van der Waals surface area contributed by atoms with Crippen molar-refractivity contribution in [3.8, 4) is 0 Å². The van der Waals surface area contributed by atoms with E-state index < -0.39 is 4.92 Å². The molecule has 1 unspecified atom stereocenters. The molecular formula is C10H17N5O2. The molecule has 2 N–H and O–H groups in total. The second-order valence-electron chi connectivity index (χ2n) is 3.83. The van der Waals surface area contributed by atoms with Crippen LogP contribution in [0.25, 0.3) is 0 Å². The average Bonchev–Trinajstić information content (AvgIpc) is 2.35. The quantitative estimate of drug-likeness (QED) is 0.581. The van der Waals surface area contributed by atoms with Gasteiger partial charge >= 0.3 is 5.69 Å². The maximum atomic E-state index is 10.8. The summed E-state index contributed by atoms with van der Waals surface area (Å²) in [5.41, 5.74) is -0.104. The molecule has 0 bridgehead atoms.